The van der Waals surface area contributed by atoms with Crippen molar-refractivity contribution in [2.24, 2.45) is 5.92 Å². The van der Waals surface area contributed by atoms with E-state index in [1.165, 1.54) is 0 Å². The molecule has 1 heterocycles. The van der Waals surface area contributed by atoms with Crippen molar-refractivity contribution in [3.8, 4) is 5.88 Å². The average molecular weight is 229 g/mol. The predicted molar refractivity (Wildman–Crippen MR) is 63.8 cm³/mol. The van der Waals surface area contributed by atoms with Crippen LogP contribution in [0.5, 0.6) is 5.88 Å². The van der Waals surface area contributed by atoms with Crippen LogP contribution in [0.2, 0.25) is 0 Å². The van der Waals surface area contributed by atoms with Crippen molar-refractivity contribution in [3.05, 3.63) is 18.3 Å². The summed E-state index contributed by atoms with van der Waals surface area (Å²) in [6, 6.07) is 3.75. The van der Waals surface area contributed by atoms with Crippen LogP contribution in [0, 0.1) is 5.92 Å². The first-order valence-corrected chi connectivity index (χ1v) is 5.45. The molecule has 84 valence electrons. The van der Waals surface area contributed by atoms with Crippen molar-refractivity contribution < 1.29 is 4.74 Å². The van der Waals surface area contributed by atoms with Gasteiger partial charge in [-0.05, 0) is 12.0 Å². The third kappa shape index (κ3) is 3.96. The third-order valence-corrected chi connectivity index (χ3v) is 2.83. The molecule has 1 atom stereocenters. The van der Waals surface area contributed by atoms with E-state index in [1.807, 2.05) is 12.1 Å². The summed E-state index contributed by atoms with van der Waals surface area (Å²) in [7, 11) is 1.60. The molecule has 3 nitrogen and oxygen atoms in total. The van der Waals surface area contributed by atoms with E-state index in [1.54, 1.807) is 13.3 Å². The predicted octanol–water partition coefficient (Wildman–Crippen LogP) is 2.77. The Kier molecular flexibility index (Phi) is 4.69. The fraction of sp³-hybridized carbons (Fsp3) is 0.545. The minimum absolute atomic E-state index is 0.129. The first kappa shape index (κ1) is 12.1. The maximum absolute atomic E-state index is 6.13. The number of alkyl halides is 1. The van der Waals surface area contributed by atoms with Crippen LogP contribution >= 0.6 is 11.6 Å². The highest BCUT2D eigenvalue weighted by molar-refractivity contribution is 6.21. The van der Waals surface area contributed by atoms with Gasteiger partial charge in [-0.1, -0.05) is 13.8 Å². The van der Waals surface area contributed by atoms with Crippen LogP contribution in [0.15, 0.2) is 18.3 Å². The number of nitrogens with zero attached hydrogens (tertiary/aromatic N) is 1. The summed E-state index contributed by atoms with van der Waals surface area (Å²) in [5.74, 6) is 1.07. The number of nitrogens with one attached hydrogen (secondary N) is 1. The molecule has 1 unspecified atom stereocenters. The Morgan fingerprint density at radius 3 is 2.87 bits per heavy atom. The first-order valence-electron chi connectivity index (χ1n) is 5.01. The molecule has 0 saturated carbocycles. The minimum Gasteiger partial charge on any atom is -0.481 e. The largest absolute Gasteiger partial charge is 0.481 e. The van der Waals surface area contributed by atoms with E-state index in [9.17, 15) is 0 Å². The minimum atomic E-state index is 0.129. The van der Waals surface area contributed by atoms with Gasteiger partial charge in [0, 0.05) is 24.5 Å². The van der Waals surface area contributed by atoms with Crippen LogP contribution < -0.4 is 10.1 Å². The van der Waals surface area contributed by atoms with Crippen LogP contribution in [0.4, 0.5) is 5.69 Å². The highest BCUT2D eigenvalue weighted by Gasteiger charge is 2.08. The number of rotatable bonds is 5. The summed E-state index contributed by atoms with van der Waals surface area (Å²) in [6.45, 7) is 4.95. The number of hydrogen-bond acceptors (Lipinski definition) is 3. The van der Waals surface area contributed by atoms with E-state index >= 15 is 0 Å². The zero-order valence-electron chi connectivity index (χ0n) is 9.33. The van der Waals surface area contributed by atoms with E-state index < -0.39 is 0 Å². The van der Waals surface area contributed by atoms with E-state index in [2.05, 4.69) is 24.1 Å². The maximum Gasteiger partial charge on any atom is 0.214 e. The Morgan fingerprint density at radius 2 is 2.27 bits per heavy atom. The Bertz CT molecular complexity index is 304. The maximum atomic E-state index is 6.13. The number of aromatic nitrogens is 1. The van der Waals surface area contributed by atoms with Gasteiger partial charge in [0.15, 0.2) is 0 Å². The van der Waals surface area contributed by atoms with Crippen LogP contribution in [-0.4, -0.2) is 24.0 Å². The molecule has 0 radical (unpaired) electrons. The van der Waals surface area contributed by atoms with Gasteiger partial charge >= 0.3 is 0 Å². The van der Waals surface area contributed by atoms with Crippen molar-refractivity contribution >= 4 is 17.3 Å². The summed E-state index contributed by atoms with van der Waals surface area (Å²) in [6.07, 6.45) is 1.71. The van der Waals surface area contributed by atoms with Crippen LogP contribution in [0.1, 0.15) is 13.8 Å². The standard InChI is InChI=1S/C11H17ClN2O/c1-8(2)10(12)7-14-9-4-5-13-11(6-9)15-3/h4-6,8,10H,7H2,1-3H3,(H,13,14). The second kappa shape index (κ2) is 5.81. The molecule has 0 amide bonds. The summed E-state index contributed by atoms with van der Waals surface area (Å²) in [5.41, 5.74) is 0.980. The lowest BCUT2D eigenvalue weighted by atomic mass is 10.1. The monoisotopic (exact) mass is 228 g/mol. The molecule has 1 aromatic rings. The number of halogens is 1. The normalized spacial score (nSPS) is 12.6. The number of hydrogen-bond donors (Lipinski definition) is 1. The second-order valence-electron chi connectivity index (χ2n) is 3.73. The Hall–Kier alpha value is -0.960. The topological polar surface area (TPSA) is 34.1 Å². The second-order valence-corrected chi connectivity index (χ2v) is 4.29. The van der Waals surface area contributed by atoms with Crippen molar-refractivity contribution in [3.63, 3.8) is 0 Å². The molecule has 0 bridgehead atoms. The number of pyridine rings is 1. The van der Waals surface area contributed by atoms with Crippen LogP contribution in [0.3, 0.4) is 0 Å². The summed E-state index contributed by atoms with van der Waals surface area (Å²) in [5, 5.41) is 3.38. The summed E-state index contributed by atoms with van der Waals surface area (Å²) in [4.78, 5) is 4.02. The fourth-order valence-corrected chi connectivity index (χ4v) is 1.16. The lowest BCUT2D eigenvalue weighted by Crippen LogP contribution is -2.19. The zero-order chi connectivity index (χ0) is 11.3. The molecule has 0 aliphatic heterocycles. The SMILES string of the molecule is COc1cc(NCC(Cl)C(C)C)ccn1. The van der Waals surface area contributed by atoms with Gasteiger partial charge in [-0.3, -0.25) is 0 Å². The van der Waals surface area contributed by atoms with E-state index in [4.69, 9.17) is 16.3 Å². The van der Waals surface area contributed by atoms with Crippen LogP contribution in [0.25, 0.3) is 0 Å². The Labute approximate surface area is 95.8 Å². The molecule has 4 heteroatoms. The first-order chi connectivity index (χ1) is 7.13. The molecule has 0 spiro atoms. The zero-order valence-corrected chi connectivity index (χ0v) is 10.1. The molecule has 0 saturated heterocycles. The quantitative estimate of drug-likeness (QED) is 0.787. The van der Waals surface area contributed by atoms with Gasteiger partial charge in [0.25, 0.3) is 0 Å². The third-order valence-electron chi connectivity index (χ3n) is 2.17. The molecule has 0 fully saturated rings. The molecule has 0 aromatic carbocycles. The number of methoxy groups -OCH3 is 1. The van der Waals surface area contributed by atoms with Crippen molar-refractivity contribution in [1.29, 1.82) is 0 Å². The average Bonchev–Trinajstić information content (AvgIpc) is 2.26. The molecule has 0 aliphatic carbocycles. The Balaban J connectivity index is 2.50. The lowest BCUT2D eigenvalue weighted by Gasteiger charge is -2.15. The van der Waals surface area contributed by atoms with Gasteiger partial charge in [-0.25, -0.2) is 4.98 Å². The molecule has 1 rings (SSSR count). The van der Waals surface area contributed by atoms with E-state index in [0.717, 1.165) is 12.2 Å². The van der Waals surface area contributed by atoms with Crippen molar-refractivity contribution in [2.75, 3.05) is 19.0 Å². The molecule has 0 aliphatic rings. The Morgan fingerprint density at radius 1 is 1.53 bits per heavy atom. The molecule has 1 N–H and O–H groups in total. The summed E-state index contributed by atoms with van der Waals surface area (Å²) < 4.78 is 5.03. The molecule has 15 heavy (non-hydrogen) atoms. The fourth-order valence-electron chi connectivity index (χ4n) is 1.08. The van der Waals surface area contributed by atoms with Gasteiger partial charge in [0.2, 0.25) is 5.88 Å². The lowest BCUT2D eigenvalue weighted by molar-refractivity contribution is 0.398. The smallest absolute Gasteiger partial charge is 0.214 e. The molecular weight excluding hydrogens is 212 g/mol. The van der Waals surface area contributed by atoms with E-state index in [0.29, 0.717) is 11.8 Å². The summed E-state index contributed by atoms with van der Waals surface area (Å²) >= 11 is 6.13. The van der Waals surface area contributed by atoms with Crippen molar-refractivity contribution in [2.45, 2.75) is 19.2 Å². The van der Waals surface area contributed by atoms with Gasteiger partial charge in [-0.15, -0.1) is 11.6 Å². The number of anilines is 1. The molecular formula is C11H17ClN2O. The van der Waals surface area contributed by atoms with Gasteiger partial charge < -0.3 is 10.1 Å². The van der Waals surface area contributed by atoms with Crippen molar-refractivity contribution in [1.82, 2.24) is 4.98 Å². The number of ether oxygens (including phenoxy) is 1. The van der Waals surface area contributed by atoms with Gasteiger partial charge in [0.05, 0.1) is 12.5 Å². The highest BCUT2D eigenvalue weighted by atomic mass is 35.5. The van der Waals surface area contributed by atoms with Gasteiger partial charge in [-0.2, -0.15) is 0 Å². The van der Waals surface area contributed by atoms with E-state index in [-0.39, 0.29) is 5.38 Å². The van der Waals surface area contributed by atoms with Gasteiger partial charge in [0.1, 0.15) is 0 Å². The van der Waals surface area contributed by atoms with Crippen LogP contribution in [-0.2, 0) is 0 Å². The highest BCUT2D eigenvalue weighted by Crippen LogP contribution is 2.15. The molecule has 1 aromatic heterocycles.